The first-order chi connectivity index (χ1) is 11.0. The van der Waals surface area contributed by atoms with Gasteiger partial charge >= 0.3 is 0 Å². The van der Waals surface area contributed by atoms with Crippen molar-refractivity contribution in [2.24, 2.45) is 0 Å². The van der Waals surface area contributed by atoms with Crippen LogP contribution in [0.5, 0.6) is 0 Å². The van der Waals surface area contributed by atoms with Gasteiger partial charge in [0.1, 0.15) is 0 Å². The fraction of sp³-hybridized carbons (Fsp3) is 0.400. The Labute approximate surface area is 148 Å². The van der Waals surface area contributed by atoms with Crippen molar-refractivity contribution >= 4 is 46.4 Å². The Hall–Kier alpha value is -1.37. The van der Waals surface area contributed by atoms with Crippen LogP contribution in [-0.2, 0) is 6.54 Å². The first kappa shape index (κ1) is 16.5. The molecule has 0 aliphatic carbocycles. The van der Waals surface area contributed by atoms with E-state index in [0.717, 1.165) is 30.8 Å². The SMILES string of the molecule is CN(Cc1ccc(Cl)s1)C(=O)c1nc(N2CCCC2)ncc1Cl. The summed E-state index contributed by atoms with van der Waals surface area (Å²) in [5.41, 5.74) is 0.244. The Morgan fingerprint density at radius 1 is 1.35 bits per heavy atom. The lowest BCUT2D eigenvalue weighted by molar-refractivity contribution is 0.0780. The zero-order chi connectivity index (χ0) is 16.4. The number of hydrogen-bond acceptors (Lipinski definition) is 5. The molecule has 3 rings (SSSR count). The quantitative estimate of drug-likeness (QED) is 0.822. The summed E-state index contributed by atoms with van der Waals surface area (Å²) in [5, 5.41) is 0.272. The minimum atomic E-state index is -0.220. The Balaban J connectivity index is 1.78. The second-order valence-corrected chi connectivity index (χ2v) is 7.63. The summed E-state index contributed by atoms with van der Waals surface area (Å²) < 4.78 is 0.706. The maximum Gasteiger partial charge on any atom is 0.274 e. The summed E-state index contributed by atoms with van der Waals surface area (Å²) in [6, 6.07) is 3.73. The van der Waals surface area contributed by atoms with E-state index < -0.39 is 0 Å². The van der Waals surface area contributed by atoms with Crippen LogP contribution in [0.2, 0.25) is 9.36 Å². The summed E-state index contributed by atoms with van der Waals surface area (Å²) in [4.78, 5) is 26.0. The molecule has 0 bridgehead atoms. The van der Waals surface area contributed by atoms with Crippen molar-refractivity contribution in [3.63, 3.8) is 0 Å². The molecule has 2 aromatic heterocycles. The minimum absolute atomic E-state index is 0.220. The predicted octanol–water partition coefficient (Wildman–Crippen LogP) is 3.72. The molecule has 3 heterocycles. The third-order valence-electron chi connectivity index (χ3n) is 3.69. The average Bonchev–Trinajstić information content (AvgIpc) is 3.19. The van der Waals surface area contributed by atoms with Gasteiger partial charge in [-0.15, -0.1) is 11.3 Å². The van der Waals surface area contributed by atoms with Crippen LogP contribution in [-0.4, -0.2) is 40.9 Å². The van der Waals surface area contributed by atoms with Gasteiger partial charge in [0.25, 0.3) is 5.91 Å². The highest BCUT2D eigenvalue weighted by atomic mass is 35.5. The van der Waals surface area contributed by atoms with Gasteiger partial charge in [-0.1, -0.05) is 23.2 Å². The molecule has 8 heteroatoms. The number of halogens is 2. The van der Waals surface area contributed by atoms with E-state index in [4.69, 9.17) is 23.2 Å². The number of carbonyl (C=O) groups is 1. The van der Waals surface area contributed by atoms with E-state index in [1.165, 1.54) is 17.5 Å². The normalized spacial score (nSPS) is 14.3. The first-order valence-corrected chi connectivity index (χ1v) is 8.89. The first-order valence-electron chi connectivity index (χ1n) is 7.32. The molecule has 0 spiro atoms. The summed E-state index contributed by atoms with van der Waals surface area (Å²) in [6.07, 6.45) is 3.74. The Bertz CT molecular complexity index is 715. The molecule has 5 nitrogen and oxygen atoms in total. The molecule has 0 atom stereocenters. The number of rotatable bonds is 4. The molecule has 1 saturated heterocycles. The van der Waals surface area contributed by atoms with Crippen molar-refractivity contribution in [2.75, 3.05) is 25.0 Å². The second-order valence-electron chi connectivity index (χ2n) is 5.43. The van der Waals surface area contributed by atoms with E-state index >= 15 is 0 Å². The lowest BCUT2D eigenvalue weighted by atomic mass is 10.3. The van der Waals surface area contributed by atoms with Crippen LogP contribution >= 0.6 is 34.5 Å². The number of anilines is 1. The molecule has 1 fully saturated rings. The standard InChI is InChI=1S/C15H16Cl2N4OS/c1-20(9-10-4-5-12(17)23-10)14(22)13-11(16)8-18-15(19-13)21-6-2-3-7-21/h4-5,8H,2-3,6-7,9H2,1H3. The van der Waals surface area contributed by atoms with Crippen molar-refractivity contribution < 1.29 is 4.79 Å². The van der Waals surface area contributed by atoms with Crippen molar-refractivity contribution in [3.8, 4) is 0 Å². The van der Waals surface area contributed by atoms with Gasteiger partial charge in [-0.3, -0.25) is 4.79 Å². The van der Waals surface area contributed by atoms with Gasteiger partial charge in [-0.2, -0.15) is 0 Å². The third kappa shape index (κ3) is 3.76. The molecule has 122 valence electrons. The molecule has 2 aromatic rings. The van der Waals surface area contributed by atoms with Gasteiger partial charge in [0.2, 0.25) is 5.95 Å². The highest BCUT2D eigenvalue weighted by Crippen LogP contribution is 2.24. The van der Waals surface area contributed by atoms with Crippen LogP contribution in [0.3, 0.4) is 0 Å². The number of hydrogen-bond donors (Lipinski definition) is 0. The minimum Gasteiger partial charge on any atom is -0.341 e. The number of carbonyl (C=O) groups excluding carboxylic acids is 1. The van der Waals surface area contributed by atoms with E-state index in [1.54, 1.807) is 11.9 Å². The molecule has 0 radical (unpaired) electrons. The van der Waals surface area contributed by atoms with Crippen molar-refractivity contribution in [1.29, 1.82) is 0 Å². The van der Waals surface area contributed by atoms with Crippen LogP contribution < -0.4 is 4.90 Å². The lowest BCUT2D eigenvalue weighted by Gasteiger charge is -2.19. The maximum absolute atomic E-state index is 12.6. The van der Waals surface area contributed by atoms with E-state index in [2.05, 4.69) is 14.9 Å². The summed E-state index contributed by atoms with van der Waals surface area (Å²) in [7, 11) is 1.73. The van der Waals surface area contributed by atoms with Gasteiger partial charge in [-0.25, -0.2) is 9.97 Å². The number of amides is 1. The van der Waals surface area contributed by atoms with Gasteiger partial charge in [0.15, 0.2) is 5.69 Å². The monoisotopic (exact) mass is 370 g/mol. The highest BCUT2D eigenvalue weighted by molar-refractivity contribution is 7.16. The number of thiophene rings is 1. The topological polar surface area (TPSA) is 49.3 Å². The van der Waals surface area contributed by atoms with Gasteiger partial charge in [0, 0.05) is 25.0 Å². The van der Waals surface area contributed by atoms with Crippen LogP contribution in [0.1, 0.15) is 28.2 Å². The summed E-state index contributed by atoms with van der Waals surface area (Å²) in [6.45, 7) is 2.30. The highest BCUT2D eigenvalue weighted by Gasteiger charge is 2.22. The maximum atomic E-state index is 12.6. The van der Waals surface area contributed by atoms with Crippen LogP contribution in [0, 0.1) is 0 Å². The Morgan fingerprint density at radius 2 is 2.09 bits per heavy atom. The van der Waals surface area contributed by atoms with Crippen LogP contribution in [0.25, 0.3) is 0 Å². The predicted molar refractivity (Wildman–Crippen MR) is 93.6 cm³/mol. The summed E-state index contributed by atoms with van der Waals surface area (Å²) >= 11 is 13.5. The molecule has 23 heavy (non-hydrogen) atoms. The van der Waals surface area contributed by atoms with Crippen molar-refractivity contribution in [1.82, 2.24) is 14.9 Å². The van der Waals surface area contributed by atoms with Crippen LogP contribution in [0.15, 0.2) is 18.3 Å². The average molecular weight is 371 g/mol. The largest absolute Gasteiger partial charge is 0.341 e. The zero-order valence-corrected chi connectivity index (χ0v) is 15.0. The Kier molecular flexibility index (Phi) is 5.04. The molecule has 0 aromatic carbocycles. The molecule has 1 amide bonds. The number of aromatic nitrogens is 2. The number of nitrogens with zero attached hydrogens (tertiary/aromatic N) is 4. The van der Waals surface area contributed by atoms with Gasteiger partial charge in [0.05, 0.1) is 22.1 Å². The fourth-order valence-electron chi connectivity index (χ4n) is 2.50. The van der Waals surface area contributed by atoms with Crippen molar-refractivity contribution in [2.45, 2.75) is 19.4 Å². The second kappa shape index (κ2) is 7.03. The van der Waals surface area contributed by atoms with E-state index in [-0.39, 0.29) is 16.6 Å². The molecule has 1 aliphatic rings. The molecule has 0 N–H and O–H groups in total. The molecular formula is C15H16Cl2N4OS. The fourth-order valence-corrected chi connectivity index (χ4v) is 3.81. The zero-order valence-electron chi connectivity index (χ0n) is 12.6. The third-order valence-corrected chi connectivity index (χ3v) is 5.18. The van der Waals surface area contributed by atoms with E-state index in [1.807, 2.05) is 12.1 Å². The lowest BCUT2D eigenvalue weighted by Crippen LogP contribution is -2.28. The molecular weight excluding hydrogens is 355 g/mol. The Morgan fingerprint density at radius 3 is 2.74 bits per heavy atom. The van der Waals surface area contributed by atoms with E-state index in [0.29, 0.717) is 16.8 Å². The van der Waals surface area contributed by atoms with Gasteiger partial charge in [-0.05, 0) is 25.0 Å². The molecule has 0 unspecified atom stereocenters. The van der Waals surface area contributed by atoms with Crippen molar-refractivity contribution in [3.05, 3.63) is 38.3 Å². The van der Waals surface area contributed by atoms with Gasteiger partial charge < -0.3 is 9.80 Å². The van der Waals surface area contributed by atoms with Crippen LogP contribution in [0.4, 0.5) is 5.95 Å². The molecule has 1 aliphatic heterocycles. The summed E-state index contributed by atoms with van der Waals surface area (Å²) in [5.74, 6) is 0.352. The smallest absolute Gasteiger partial charge is 0.274 e. The molecule has 0 saturated carbocycles. The van der Waals surface area contributed by atoms with E-state index in [9.17, 15) is 4.79 Å².